The van der Waals surface area contributed by atoms with Gasteiger partial charge in [0, 0.05) is 34.6 Å². The predicted molar refractivity (Wildman–Crippen MR) is 145 cm³/mol. The van der Waals surface area contributed by atoms with Gasteiger partial charge in [-0.05, 0) is 37.1 Å². The van der Waals surface area contributed by atoms with Gasteiger partial charge in [-0.15, -0.1) is 0 Å². The summed E-state index contributed by atoms with van der Waals surface area (Å²) in [7, 11) is 1.25. The molecule has 0 saturated heterocycles. The zero-order chi connectivity index (χ0) is 24.5. The van der Waals surface area contributed by atoms with Gasteiger partial charge in [0.25, 0.3) is 0 Å². The molecule has 33 heavy (non-hydrogen) atoms. The third-order valence-corrected chi connectivity index (χ3v) is 5.57. The van der Waals surface area contributed by atoms with Gasteiger partial charge in [-0.25, -0.2) is 0 Å². The molecule has 0 aromatic carbocycles. The second-order valence-electron chi connectivity index (χ2n) is 10.4. The molecular formula is C26H36Br2N4Ni. The number of aromatic nitrogens is 2. The van der Waals surface area contributed by atoms with Gasteiger partial charge < -0.3 is 0 Å². The molecule has 1 saturated carbocycles. The van der Waals surface area contributed by atoms with E-state index in [1.165, 1.54) is 23.7 Å². The van der Waals surface area contributed by atoms with Gasteiger partial charge in [-0.3, -0.25) is 20.0 Å². The van der Waals surface area contributed by atoms with Gasteiger partial charge in [-0.1, -0.05) is 66.5 Å². The standard InChI is InChI=1S/C26H36N4.2BrH.Ni/c1-25(2,3)23-15-9-11-19(29-23)17-27-21-13-7-8-14-22(21)28-18-20-12-10-16-24(30-20)26(4,5)6;;;/h9-12,15-18,21-22H,7-8,13-14H2,1-6H3;2*1H;/q;;;+2/p-2/t21-,22-;;;/m1.../s1. The van der Waals surface area contributed by atoms with E-state index < -0.39 is 0 Å². The molecule has 0 bridgehead atoms. The average molecular weight is 623 g/mol. The fourth-order valence-electron chi connectivity index (χ4n) is 3.67. The molecule has 184 valence electrons. The Morgan fingerprint density at radius 1 is 0.758 bits per heavy atom. The summed E-state index contributed by atoms with van der Waals surface area (Å²) < 4.78 is 0. The summed E-state index contributed by atoms with van der Waals surface area (Å²) in [5.41, 5.74) is 4.11. The number of nitrogens with zero attached hydrogens (tertiary/aromatic N) is 4. The minimum atomic E-state index is 0.0378. The Morgan fingerprint density at radius 2 is 1.12 bits per heavy atom. The molecule has 4 nitrogen and oxygen atoms in total. The molecule has 2 atom stereocenters. The van der Waals surface area contributed by atoms with Crippen LogP contribution in [0.15, 0.2) is 46.4 Å². The monoisotopic (exact) mass is 620 g/mol. The van der Waals surface area contributed by atoms with E-state index in [4.69, 9.17) is 20.0 Å². The van der Waals surface area contributed by atoms with Crippen molar-refractivity contribution in [1.29, 1.82) is 0 Å². The molecule has 0 N–H and O–H groups in total. The van der Waals surface area contributed by atoms with Crippen LogP contribution in [0.2, 0.25) is 0 Å². The molecule has 7 heteroatoms. The van der Waals surface area contributed by atoms with Crippen molar-refractivity contribution in [2.75, 3.05) is 0 Å². The van der Waals surface area contributed by atoms with Gasteiger partial charge >= 0.3 is 39.3 Å². The SMILES string of the molecule is CC(C)(C)c1cccc(C=N[C@@H]2CCCC[C@H]2N=Cc2cccc(C(C)(C)C)n2)n1.[Br][Ni][Br]. The van der Waals surface area contributed by atoms with Crippen LogP contribution < -0.4 is 0 Å². The molecule has 1 aliphatic rings. The fraction of sp³-hybridized carbons (Fsp3) is 0.538. The van der Waals surface area contributed by atoms with Crippen LogP contribution >= 0.6 is 28.5 Å². The second-order valence-corrected chi connectivity index (χ2v) is 15.4. The second kappa shape index (κ2) is 13.3. The van der Waals surface area contributed by atoms with Gasteiger partial charge in [0.15, 0.2) is 0 Å². The molecule has 2 aromatic rings. The number of rotatable bonds is 4. The van der Waals surface area contributed by atoms with Gasteiger partial charge in [0.2, 0.25) is 0 Å². The summed E-state index contributed by atoms with van der Waals surface area (Å²) in [5, 5.41) is 0. The summed E-state index contributed by atoms with van der Waals surface area (Å²) >= 11 is 6.00. The van der Waals surface area contributed by atoms with Crippen molar-refractivity contribution in [3.05, 3.63) is 59.2 Å². The van der Waals surface area contributed by atoms with Crippen molar-refractivity contribution in [1.82, 2.24) is 9.97 Å². The van der Waals surface area contributed by atoms with E-state index in [0.29, 0.717) is 0 Å². The Kier molecular flexibility index (Phi) is 11.4. The maximum absolute atomic E-state index is 4.91. The molecule has 0 spiro atoms. The van der Waals surface area contributed by atoms with Gasteiger partial charge in [0.05, 0.1) is 23.5 Å². The minimum absolute atomic E-state index is 0.0378. The van der Waals surface area contributed by atoms with E-state index in [9.17, 15) is 0 Å². The Bertz CT molecular complexity index is 857. The van der Waals surface area contributed by atoms with Crippen molar-refractivity contribution in [3.8, 4) is 0 Å². The Morgan fingerprint density at radius 3 is 1.45 bits per heavy atom. The summed E-state index contributed by atoms with van der Waals surface area (Å²) in [6, 6.07) is 12.8. The number of hydrogen-bond acceptors (Lipinski definition) is 4. The summed E-state index contributed by atoms with van der Waals surface area (Å²) in [4.78, 5) is 19.4. The number of halogens is 2. The van der Waals surface area contributed by atoms with Crippen molar-refractivity contribution < 1.29 is 10.9 Å². The van der Waals surface area contributed by atoms with E-state index in [1.807, 2.05) is 24.6 Å². The molecule has 0 unspecified atom stereocenters. The fourth-order valence-corrected chi connectivity index (χ4v) is 3.67. The van der Waals surface area contributed by atoms with Crippen LogP contribution in [-0.2, 0) is 21.7 Å². The number of pyridine rings is 2. The molecule has 0 radical (unpaired) electrons. The van der Waals surface area contributed by atoms with Gasteiger partial charge in [-0.2, -0.15) is 0 Å². The van der Waals surface area contributed by atoms with E-state index in [2.05, 4.69) is 94.3 Å². The average Bonchev–Trinajstić information content (AvgIpc) is 2.77. The van der Waals surface area contributed by atoms with Crippen LogP contribution in [0, 0.1) is 0 Å². The molecule has 0 amide bonds. The van der Waals surface area contributed by atoms with Crippen molar-refractivity contribution in [3.63, 3.8) is 0 Å². The molecular weight excluding hydrogens is 587 g/mol. The van der Waals surface area contributed by atoms with E-state index >= 15 is 0 Å². The summed E-state index contributed by atoms with van der Waals surface area (Å²) in [5.74, 6) is 0. The molecule has 2 heterocycles. The Hall–Kier alpha value is -0.906. The first-order chi connectivity index (χ1) is 15.5. The Balaban J connectivity index is 0.00000122. The van der Waals surface area contributed by atoms with Crippen LogP contribution in [0.25, 0.3) is 0 Å². The zero-order valence-electron chi connectivity index (χ0n) is 20.5. The van der Waals surface area contributed by atoms with Gasteiger partial charge in [0.1, 0.15) is 0 Å². The maximum atomic E-state index is 4.91. The van der Waals surface area contributed by atoms with E-state index in [0.717, 1.165) is 35.6 Å². The van der Waals surface area contributed by atoms with Crippen LogP contribution in [-0.4, -0.2) is 34.5 Å². The molecule has 0 aliphatic heterocycles. The first-order valence-corrected chi connectivity index (χ1v) is 16.3. The van der Waals surface area contributed by atoms with Crippen LogP contribution in [0.5, 0.6) is 0 Å². The number of hydrogen-bond donors (Lipinski definition) is 0. The molecule has 1 aliphatic carbocycles. The molecule has 3 rings (SSSR count). The van der Waals surface area contributed by atoms with Crippen LogP contribution in [0.3, 0.4) is 0 Å². The molecule has 1 fully saturated rings. The normalized spacial score (nSPS) is 19.6. The quantitative estimate of drug-likeness (QED) is 0.260. The third kappa shape index (κ3) is 9.70. The van der Waals surface area contributed by atoms with E-state index in [-0.39, 0.29) is 22.9 Å². The third-order valence-electron chi connectivity index (χ3n) is 5.57. The molecule has 2 aromatic heterocycles. The van der Waals surface area contributed by atoms with Crippen LogP contribution in [0.1, 0.15) is 90.0 Å². The van der Waals surface area contributed by atoms with E-state index in [1.54, 1.807) is 0 Å². The summed E-state index contributed by atoms with van der Waals surface area (Å²) in [6.07, 6.45) is 8.45. The first-order valence-electron chi connectivity index (χ1n) is 11.4. The summed E-state index contributed by atoms with van der Waals surface area (Å²) in [6.45, 7) is 13.1. The van der Waals surface area contributed by atoms with Crippen molar-refractivity contribution >= 4 is 40.9 Å². The van der Waals surface area contributed by atoms with Crippen LogP contribution in [0.4, 0.5) is 0 Å². The van der Waals surface area contributed by atoms with Crippen molar-refractivity contribution in [2.24, 2.45) is 9.98 Å². The first kappa shape index (κ1) is 28.3. The predicted octanol–water partition coefficient (Wildman–Crippen LogP) is 7.61. The Labute approximate surface area is 220 Å². The van der Waals surface area contributed by atoms with Crippen molar-refractivity contribution in [2.45, 2.75) is 90.1 Å². The zero-order valence-corrected chi connectivity index (χ0v) is 24.6. The number of aliphatic imine (C=N–C) groups is 2. The topological polar surface area (TPSA) is 50.5 Å².